The molecule has 0 bridgehead atoms. The Balaban J connectivity index is 1.39. The van der Waals surface area contributed by atoms with Crippen LogP contribution < -0.4 is 5.32 Å². The van der Waals surface area contributed by atoms with Crippen molar-refractivity contribution in [2.45, 2.75) is 6.54 Å². The number of carbonyl (C=O) groups excluding carboxylic acids is 1. The molecule has 2 aromatic heterocycles. The molecule has 128 valence electrons. The minimum atomic E-state index is 0.0585. The van der Waals surface area contributed by atoms with Crippen molar-refractivity contribution < 1.29 is 9.53 Å². The summed E-state index contributed by atoms with van der Waals surface area (Å²) in [6.45, 7) is 3.17. The first-order valence-corrected chi connectivity index (χ1v) is 8.29. The second kappa shape index (κ2) is 6.90. The number of amides is 1. The molecule has 1 saturated heterocycles. The first-order valence-electron chi connectivity index (χ1n) is 8.29. The van der Waals surface area contributed by atoms with Crippen LogP contribution in [0.4, 0.5) is 5.69 Å². The van der Waals surface area contributed by atoms with E-state index in [2.05, 4.69) is 15.4 Å². The van der Waals surface area contributed by atoms with Gasteiger partial charge in [-0.2, -0.15) is 5.10 Å². The summed E-state index contributed by atoms with van der Waals surface area (Å²) in [6, 6.07) is 9.42. The summed E-state index contributed by atoms with van der Waals surface area (Å²) < 4.78 is 7.04. The van der Waals surface area contributed by atoms with Crippen molar-refractivity contribution in [3.05, 3.63) is 60.0 Å². The lowest BCUT2D eigenvalue weighted by molar-refractivity contribution is 0.0303. The van der Waals surface area contributed by atoms with Crippen LogP contribution in [0.2, 0.25) is 0 Å². The molecule has 7 heteroatoms. The Bertz CT molecular complexity index is 869. The van der Waals surface area contributed by atoms with Crippen LogP contribution in [0.3, 0.4) is 0 Å². The van der Waals surface area contributed by atoms with Gasteiger partial charge in [0.25, 0.3) is 5.91 Å². The number of morpholine rings is 1. The molecule has 3 aromatic rings. The Morgan fingerprint density at radius 3 is 2.76 bits per heavy atom. The van der Waals surface area contributed by atoms with E-state index in [-0.39, 0.29) is 5.91 Å². The number of nitrogens with zero attached hydrogens (tertiary/aromatic N) is 4. The standard InChI is InChI=1S/C18H19N5O2/c24-18(22-7-9-25-10-8-22)15-1-3-16(4-2-15)19-11-14-12-20-17-5-6-21-23(17)13-14/h1-6,12-13,19H,7-11H2. The molecule has 25 heavy (non-hydrogen) atoms. The average Bonchev–Trinajstić information content (AvgIpc) is 3.15. The van der Waals surface area contributed by atoms with Crippen LogP contribution in [-0.2, 0) is 11.3 Å². The summed E-state index contributed by atoms with van der Waals surface area (Å²) in [4.78, 5) is 18.6. The molecule has 1 aromatic carbocycles. The molecule has 7 nitrogen and oxygen atoms in total. The summed E-state index contributed by atoms with van der Waals surface area (Å²) in [5.41, 5.74) is 3.52. The molecule has 0 unspecified atom stereocenters. The molecule has 1 amide bonds. The predicted molar refractivity (Wildman–Crippen MR) is 93.5 cm³/mol. The van der Waals surface area contributed by atoms with E-state index >= 15 is 0 Å². The average molecular weight is 337 g/mol. The molecule has 1 aliphatic rings. The van der Waals surface area contributed by atoms with Crippen LogP contribution >= 0.6 is 0 Å². The molecule has 3 heterocycles. The van der Waals surface area contributed by atoms with Gasteiger partial charge in [0.2, 0.25) is 0 Å². The first-order chi connectivity index (χ1) is 12.3. The number of nitrogens with one attached hydrogen (secondary N) is 1. The molecule has 1 fully saturated rings. The third-order valence-electron chi connectivity index (χ3n) is 4.23. The van der Waals surface area contributed by atoms with Gasteiger partial charge >= 0.3 is 0 Å². The van der Waals surface area contributed by atoms with Crippen LogP contribution in [0.15, 0.2) is 48.9 Å². The van der Waals surface area contributed by atoms with Gasteiger partial charge in [-0.3, -0.25) is 4.79 Å². The van der Waals surface area contributed by atoms with Gasteiger partial charge in [-0.05, 0) is 24.3 Å². The summed E-state index contributed by atoms with van der Waals surface area (Å²) >= 11 is 0. The molecule has 1 N–H and O–H groups in total. The molecule has 0 saturated carbocycles. The quantitative estimate of drug-likeness (QED) is 0.786. The van der Waals surface area contributed by atoms with Gasteiger partial charge in [0.05, 0.1) is 19.4 Å². The van der Waals surface area contributed by atoms with Gasteiger partial charge < -0.3 is 15.0 Å². The molecule has 4 rings (SSSR count). The monoisotopic (exact) mass is 337 g/mol. The number of fused-ring (bicyclic) bond motifs is 1. The lowest BCUT2D eigenvalue weighted by Gasteiger charge is -2.26. The third-order valence-corrected chi connectivity index (χ3v) is 4.23. The number of hydrogen-bond donors (Lipinski definition) is 1. The zero-order chi connectivity index (χ0) is 17.1. The second-order valence-electron chi connectivity index (χ2n) is 5.93. The minimum absolute atomic E-state index is 0.0585. The number of aromatic nitrogens is 3. The fourth-order valence-electron chi connectivity index (χ4n) is 2.82. The number of hydrogen-bond acceptors (Lipinski definition) is 5. The van der Waals surface area contributed by atoms with Gasteiger partial charge in [0.1, 0.15) is 0 Å². The number of rotatable bonds is 4. The number of benzene rings is 1. The van der Waals surface area contributed by atoms with Gasteiger partial charge in [-0.25, -0.2) is 9.50 Å². The highest BCUT2D eigenvalue weighted by molar-refractivity contribution is 5.94. The smallest absolute Gasteiger partial charge is 0.254 e. The Labute approximate surface area is 145 Å². The second-order valence-corrected chi connectivity index (χ2v) is 5.93. The maximum absolute atomic E-state index is 12.4. The number of carbonyl (C=O) groups is 1. The van der Waals surface area contributed by atoms with Crippen molar-refractivity contribution in [1.82, 2.24) is 19.5 Å². The molecule has 0 radical (unpaired) electrons. The Morgan fingerprint density at radius 1 is 1.16 bits per heavy atom. The van der Waals surface area contributed by atoms with Crippen molar-refractivity contribution >= 4 is 17.2 Å². The molecular weight excluding hydrogens is 318 g/mol. The van der Waals surface area contributed by atoms with E-state index in [0.29, 0.717) is 38.4 Å². The summed E-state index contributed by atoms with van der Waals surface area (Å²) in [6.07, 6.45) is 5.51. The lowest BCUT2D eigenvalue weighted by Crippen LogP contribution is -2.40. The normalized spacial score (nSPS) is 14.6. The van der Waals surface area contributed by atoms with Crippen molar-refractivity contribution in [2.24, 2.45) is 0 Å². The van der Waals surface area contributed by atoms with E-state index in [9.17, 15) is 4.79 Å². The first kappa shape index (κ1) is 15.6. The van der Waals surface area contributed by atoms with E-state index in [1.54, 1.807) is 10.7 Å². The largest absolute Gasteiger partial charge is 0.381 e. The predicted octanol–water partition coefficient (Wildman–Crippen LogP) is 1.81. The lowest BCUT2D eigenvalue weighted by atomic mass is 10.1. The van der Waals surface area contributed by atoms with Crippen LogP contribution in [0, 0.1) is 0 Å². The van der Waals surface area contributed by atoms with E-state index in [1.807, 2.05) is 47.6 Å². The third kappa shape index (κ3) is 3.46. The fraction of sp³-hybridized carbons (Fsp3) is 0.278. The van der Waals surface area contributed by atoms with E-state index in [0.717, 1.165) is 16.9 Å². The van der Waals surface area contributed by atoms with Gasteiger partial charge in [0.15, 0.2) is 5.65 Å². The van der Waals surface area contributed by atoms with Crippen molar-refractivity contribution in [1.29, 1.82) is 0 Å². The van der Waals surface area contributed by atoms with Crippen LogP contribution in [0.5, 0.6) is 0 Å². The van der Waals surface area contributed by atoms with E-state index in [1.165, 1.54) is 0 Å². The maximum Gasteiger partial charge on any atom is 0.254 e. The highest BCUT2D eigenvalue weighted by atomic mass is 16.5. The topological polar surface area (TPSA) is 71.8 Å². The zero-order valence-corrected chi connectivity index (χ0v) is 13.8. The molecular formula is C18H19N5O2. The highest BCUT2D eigenvalue weighted by Crippen LogP contribution is 2.14. The van der Waals surface area contributed by atoms with Crippen molar-refractivity contribution in [2.75, 3.05) is 31.6 Å². The molecule has 0 spiro atoms. The van der Waals surface area contributed by atoms with Crippen molar-refractivity contribution in [3.63, 3.8) is 0 Å². The fourth-order valence-corrected chi connectivity index (χ4v) is 2.82. The van der Waals surface area contributed by atoms with Crippen molar-refractivity contribution in [3.8, 4) is 0 Å². The SMILES string of the molecule is O=C(c1ccc(NCc2cnc3ccnn3c2)cc1)N1CCOCC1. The Kier molecular flexibility index (Phi) is 4.30. The zero-order valence-electron chi connectivity index (χ0n) is 13.8. The van der Waals surface area contributed by atoms with E-state index < -0.39 is 0 Å². The van der Waals surface area contributed by atoms with Gasteiger partial charge in [-0.1, -0.05) is 0 Å². The minimum Gasteiger partial charge on any atom is -0.381 e. The summed E-state index contributed by atoms with van der Waals surface area (Å²) in [5.74, 6) is 0.0585. The van der Waals surface area contributed by atoms with E-state index in [4.69, 9.17) is 4.74 Å². The maximum atomic E-state index is 12.4. The highest BCUT2D eigenvalue weighted by Gasteiger charge is 2.18. The Morgan fingerprint density at radius 2 is 1.96 bits per heavy atom. The molecule has 0 aliphatic carbocycles. The number of ether oxygens (including phenoxy) is 1. The number of anilines is 1. The van der Waals surface area contributed by atoms with Crippen LogP contribution in [0.1, 0.15) is 15.9 Å². The van der Waals surface area contributed by atoms with Gasteiger partial charge in [-0.15, -0.1) is 0 Å². The Hall–Kier alpha value is -2.93. The molecule has 1 aliphatic heterocycles. The summed E-state index contributed by atoms with van der Waals surface area (Å²) in [5, 5.41) is 7.52. The van der Waals surface area contributed by atoms with Crippen LogP contribution in [-0.4, -0.2) is 51.7 Å². The summed E-state index contributed by atoms with van der Waals surface area (Å²) in [7, 11) is 0. The van der Waals surface area contributed by atoms with Crippen LogP contribution in [0.25, 0.3) is 5.65 Å². The molecule has 0 atom stereocenters. The van der Waals surface area contributed by atoms with Gasteiger partial charge in [0, 0.05) is 54.9 Å².